The van der Waals surface area contributed by atoms with Gasteiger partial charge in [0.1, 0.15) is 4.21 Å². The molecule has 0 aliphatic carbocycles. The molecule has 2 atom stereocenters. The lowest BCUT2D eigenvalue weighted by molar-refractivity contribution is -0.137. The number of carboxylic acids is 1. The van der Waals surface area contributed by atoms with Gasteiger partial charge < -0.3 is 5.11 Å². The Morgan fingerprint density at radius 1 is 1.22 bits per heavy atom. The topological polar surface area (TPSA) is 121 Å². The SMILES string of the molecule is O=C(O)CCCC=C[C@@H]1C[C@@H](NS(=O)(=O)c2ccc(Cl)cc2)CN1S(=O)(=O)c1cccs1. The van der Waals surface area contributed by atoms with E-state index in [-0.39, 0.29) is 28.5 Å². The van der Waals surface area contributed by atoms with Crippen molar-refractivity contribution in [2.75, 3.05) is 6.54 Å². The first-order valence-electron chi connectivity index (χ1n) is 9.81. The van der Waals surface area contributed by atoms with Crippen LogP contribution in [0.4, 0.5) is 0 Å². The number of thiophene rings is 1. The third-order valence-corrected chi connectivity index (χ3v) is 9.97. The number of unbranched alkanes of at least 4 members (excludes halogenated alkanes) is 1. The van der Waals surface area contributed by atoms with Crippen molar-refractivity contribution in [3.8, 4) is 0 Å². The van der Waals surface area contributed by atoms with Gasteiger partial charge in [-0.15, -0.1) is 11.3 Å². The lowest BCUT2D eigenvalue weighted by atomic mass is 10.1. The van der Waals surface area contributed by atoms with Crippen LogP contribution in [-0.4, -0.2) is 50.8 Å². The minimum atomic E-state index is -3.86. The Balaban J connectivity index is 1.78. The number of hydrogen-bond donors (Lipinski definition) is 2. The van der Waals surface area contributed by atoms with E-state index < -0.39 is 38.1 Å². The molecule has 1 aromatic heterocycles. The molecule has 1 fully saturated rings. The fraction of sp³-hybridized carbons (Fsp3) is 0.350. The molecule has 2 heterocycles. The summed E-state index contributed by atoms with van der Waals surface area (Å²) in [6, 6.07) is 7.70. The Hall–Kier alpha value is -1.76. The highest BCUT2D eigenvalue weighted by atomic mass is 35.5. The van der Waals surface area contributed by atoms with E-state index in [4.69, 9.17) is 16.7 Å². The van der Waals surface area contributed by atoms with Crippen molar-refractivity contribution >= 4 is 49.0 Å². The van der Waals surface area contributed by atoms with E-state index >= 15 is 0 Å². The van der Waals surface area contributed by atoms with Gasteiger partial charge in [-0.1, -0.05) is 29.8 Å². The molecule has 1 aliphatic rings. The summed E-state index contributed by atoms with van der Waals surface area (Å²) >= 11 is 6.93. The Kier molecular flexibility index (Phi) is 8.12. The predicted octanol–water partition coefficient (Wildman–Crippen LogP) is 3.32. The minimum absolute atomic E-state index is 0.0167. The van der Waals surface area contributed by atoms with Crippen molar-refractivity contribution in [3.05, 3.63) is 59.0 Å². The number of carbonyl (C=O) groups is 1. The molecule has 8 nitrogen and oxygen atoms in total. The van der Waals surface area contributed by atoms with Crippen molar-refractivity contribution in [1.29, 1.82) is 0 Å². The number of benzene rings is 1. The summed E-state index contributed by atoms with van der Waals surface area (Å²) in [5.41, 5.74) is 0. The zero-order valence-corrected chi connectivity index (χ0v) is 20.1. The fourth-order valence-electron chi connectivity index (χ4n) is 3.42. The summed E-state index contributed by atoms with van der Waals surface area (Å²) in [5, 5.41) is 10.8. The highest BCUT2D eigenvalue weighted by Gasteiger charge is 2.40. The number of sulfonamides is 2. The maximum absolute atomic E-state index is 13.1. The van der Waals surface area contributed by atoms with E-state index in [0.29, 0.717) is 17.9 Å². The molecule has 0 bridgehead atoms. The first-order valence-corrected chi connectivity index (χ1v) is 14.0. The molecule has 12 heteroatoms. The third-order valence-electron chi connectivity index (χ3n) is 4.92. The predicted molar refractivity (Wildman–Crippen MR) is 123 cm³/mol. The van der Waals surface area contributed by atoms with Crippen molar-refractivity contribution in [3.63, 3.8) is 0 Å². The van der Waals surface area contributed by atoms with E-state index in [1.807, 2.05) is 0 Å². The molecule has 0 saturated carbocycles. The number of rotatable bonds is 10. The van der Waals surface area contributed by atoms with Crippen molar-refractivity contribution in [2.24, 2.45) is 0 Å². The van der Waals surface area contributed by atoms with Crippen LogP contribution in [0, 0.1) is 0 Å². The summed E-state index contributed by atoms with van der Waals surface area (Å²) in [4.78, 5) is 10.7. The van der Waals surface area contributed by atoms with Crippen LogP contribution in [0.3, 0.4) is 0 Å². The molecule has 1 aromatic carbocycles. The zero-order valence-electron chi connectivity index (χ0n) is 16.9. The molecule has 0 radical (unpaired) electrons. The Morgan fingerprint density at radius 3 is 2.56 bits per heavy atom. The third kappa shape index (κ3) is 6.18. The largest absolute Gasteiger partial charge is 0.481 e. The molecule has 32 heavy (non-hydrogen) atoms. The normalized spacial score (nSPS) is 20.2. The standard InChI is InChI=1S/C20H23ClN2O6S3/c21-15-8-10-18(11-9-15)31(26,27)22-16-13-17(5-2-1-3-6-19(24)25)23(14-16)32(28,29)20-7-4-12-30-20/h2,4-5,7-12,16-17,22H,1,3,6,13-14H2,(H,24,25)/t16-,17-/m1/s1. The monoisotopic (exact) mass is 518 g/mol. The minimum Gasteiger partial charge on any atom is -0.481 e. The Morgan fingerprint density at radius 2 is 1.94 bits per heavy atom. The van der Waals surface area contributed by atoms with Crippen LogP contribution in [0.15, 0.2) is 63.0 Å². The van der Waals surface area contributed by atoms with Gasteiger partial charge in [0.25, 0.3) is 10.0 Å². The number of hydrogen-bond acceptors (Lipinski definition) is 6. The number of aliphatic carboxylic acids is 1. The van der Waals surface area contributed by atoms with Gasteiger partial charge in [-0.05, 0) is 55.0 Å². The lowest BCUT2D eigenvalue weighted by Gasteiger charge is -2.20. The second-order valence-electron chi connectivity index (χ2n) is 7.30. The average Bonchev–Trinajstić information content (AvgIpc) is 3.38. The molecule has 3 rings (SSSR count). The first-order chi connectivity index (χ1) is 15.1. The number of nitrogens with zero attached hydrogens (tertiary/aromatic N) is 1. The molecule has 1 aliphatic heterocycles. The van der Waals surface area contributed by atoms with Gasteiger partial charge >= 0.3 is 5.97 Å². The van der Waals surface area contributed by atoms with Crippen molar-refractivity contribution in [1.82, 2.24) is 9.03 Å². The van der Waals surface area contributed by atoms with Gasteiger partial charge in [0.05, 0.1) is 4.90 Å². The Labute approximate surface area is 196 Å². The summed E-state index contributed by atoms with van der Waals surface area (Å²) in [5.74, 6) is -0.891. The number of halogens is 1. The molecule has 0 spiro atoms. The summed E-state index contributed by atoms with van der Waals surface area (Å²) in [6.07, 6.45) is 4.66. The van der Waals surface area contributed by atoms with E-state index in [2.05, 4.69) is 4.72 Å². The van der Waals surface area contributed by atoms with Gasteiger partial charge in [0.15, 0.2) is 0 Å². The van der Waals surface area contributed by atoms with Crippen LogP contribution in [0.1, 0.15) is 25.7 Å². The van der Waals surface area contributed by atoms with Crippen molar-refractivity contribution < 1.29 is 26.7 Å². The number of carboxylic acid groups (broad SMARTS) is 1. The fourth-order valence-corrected chi connectivity index (χ4v) is 7.55. The molecule has 2 aromatic rings. The average molecular weight is 519 g/mol. The van der Waals surface area contributed by atoms with E-state index in [1.54, 1.807) is 23.6 Å². The van der Waals surface area contributed by atoms with E-state index in [0.717, 1.165) is 11.3 Å². The summed E-state index contributed by atoms with van der Waals surface area (Å²) < 4.78 is 55.9. The molecule has 2 N–H and O–H groups in total. The summed E-state index contributed by atoms with van der Waals surface area (Å²) in [6.45, 7) is -0.0167. The molecular weight excluding hydrogens is 496 g/mol. The highest BCUT2D eigenvalue weighted by molar-refractivity contribution is 7.91. The molecule has 174 valence electrons. The zero-order chi connectivity index (χ0) is 23.4. The highest BCUT2D eigenvalue weighted by Crippen LogP contribution is 2.30. The summed E-state index contributed by atoms with van der Waals surface area (Å²) in [7, 11) is -7.67. The van der Waals surface area contributed by atoms with Crippen LogP contribution in [0.2, 0.25) is 5.02 Å². The maximum atomic E-state index is 13.1. The van der Waals surface area contributed by atoms with E-state index in [1.165, 1.54) is 34.6 Å². The van der Waals surface area contributed by atoms with Gasteiger partial charge in [0, 0.05) is 30.1 Å². The Bertz CT molecular complexity index is 1160. The van der Waals surface area contributed by atoms with Crippen LogP contribution in [-0.2, 0) is 24.8 Å². The van der Waals surface area contributed by atoms with Gasteiger partial charge in [-0.3, -0.25) is 4.79 Å². The smallest absolute Gasteiger partial charge is 0.303 e. The lowest BCUT2D eigenvalue weighted by Crippen LogP contribution is -2.39. The van der Waals surface area contributed by atoms with Gasteiger partial charge in [-0.2, -0.15) is 4.31 Å². The molecule has 0 unspecified atom stereocenters. The van der Waals surface area contributed by atoms with E-state index in [9.17, 15) is 21.6 Å². The second kappa shape index (κ2) is 10.4. The van der Waals surface area contributed by atoms with Gasteiger partial charge in [-0.25, -0.2) is 21.6 Å². The van der Waals surface area contributed by atoms with Crippen molar-refractivity contribution in [2.45, 2.75) is 46.9 Å². The first kappa shape index (κ1) is 24.9. The van der Waals surface area contributed by atoms with Crippen LogP contribution in [0.25, 0.3) is 0 Å². The molecule has 0 amide bonds. The van der Waals surface area contributed by atoms with Crippen LogP contribution in [0.5, 0.6) is 0 Å². The molecular formula is C20H23ClN2O6S3. The van der Waals surface area contributed by atoms with Crippen LogP contribution < -0.4 is 4.72 Å². The number of nitrogens with one attached hydrogen (secondary N) is 1. The number of allylic oxidation sites excluding steroid dienone is 1. The maximum Gasteiger partial charge on any atom is 0.303 e. The molecule has 1 saturated heterocycles. The van der Waals surface area contributed by atoms with Gasteiger partial charge in [0.2, 0.25) is 10.0 Å². The quantitative estimate of drug-likeness (QED) is 0.367. The van der Waals surface area contributed by atoms with Crippen LogP contribution >= 0.6 is 22.9 Å². The second-order valence-corrected chi connectivity index (χ2v) is 12.5.